The Morgan fingerprint density at radius 2 is 0.706 bits per heavy atom. The lowest BCUT2D eigenvalue weighted by Gasteiger charge is -2.42. The molecular formula is C50H55N. The van der Waals surface area contributed by atoms with Gasteiger partial charge in [-0.3, -0.25) is 0 Å². The van der Waals surface area contributed by atoms with Crippen LogP contribution in [0.4, 0.5) is 17.1 Å². The average Bonchev–Trinajstić information content (AvgIpc) is 3.21. The van der Waals surface area contributed by atoms with Crippen LogP contribution in [-0.2, 0) is 0 Å². The van der Waals surface area contributed by atoms with E-state index in [-0.39, 0.29) is 5.41 Å². The van der Waals surface area contributed by atoms with Crippen molar-refractivity contribution >= 4 is 17.1 Å². The molecule has 0 N–H and O–H groups in total. The molecule has 0 amide bonds. The number of anilines is 3. The largest absolute Gasteiger partial charge is 0.311 e. The van der Waals surface area contributed by atoms with Crippen LogP contribution in [0.3, 0.4) is 0 Å². The molecule has 0 aliphatic rings. The van der Waals surface area contributed by atoms with E-state index >= 15 is 0 Å². The number of hydrogen-bond donors (Lipinski definition) is 0. The Morgan fingerprint density at radius 1 is 0.392 bits per heavy atom. The molecule has 0 aliphatic carbocycles. The summed E-state index contributed by atoms with van der Waals surface area (Å²) < 4.78 is 0. The third kappa shape index (κ3) is 8.04. The summed E-state index contributed by atoms with van der Waals surface area (Å²) in [4.78, 5) is 2.36. The van der Waals surface area contributed by atoms with Crippen LogP contribution in [0.1, 0.15) is 85.1 Å². The lowest BCUT2D eigenvalue weighted by molar-refractivity contribution is 0.150. The second-order valence-electron chi connectivity index (χ2n) is 15.0. The van der Waals surface area contributed by atoms with Crippen molar-refractivity contribution in [2.45, 2.75) is 79.6 Å². The normalized spacial score (nSPS) is 12.4. The Balaban J connectivity index is 1.31. The first-order valence-corrected chi connectivity index (χ1v) is 19.1. The van der Waals surface area contributed by atoms with E-state index in [0.717, 1.165) is 17.1 Å². The average molecular weight is 670 g/mol. The number of benzene rings is 6. The molecule has 0 aromatic heterocycles. The molecule has 0 spiro atoms. The van der Waals surface area contributed by atoms with Gasteiger partial charge in [0.05, 0.1) is 0 Å². The Bertz CT molecular complexity index is 1850. The minimum Gasteiger partial charge on any atom is -0.311 e. The number of hydrogen-bond acceptors (Lipinski definition) is 1. The molecule has 0 fully saturated rings. The van der Waals surface area contributed by atoms with Gasteiger partial charge in [-0.15, -0.1) is 0 Å². The zero-order valence-corrected chi connectivity index (χ0v) is 31.6. The van der Waals surface area contributed by atoms with Crippen LogP contribution < -0.4 is 4.90 Å². The summed E-state index contributed by atoms with van der Waals surface area (Å²) >= 11 is 0. The fraction of sp³-hybridized carbons (Fsp3) is 0.280. The van der Waals surface area contributed by atoms with Gasteiger partial charge in [0.25, 0.3) is 0 Å². The lowest BCUT2D eigenvalue weighted by Crippen LogP contribution is -2.30. The third-order valence-corrected chi connectivity index (χ3v) is 12.1. The Hall–Kier alpha value is -4.88. The minimum absolute atomic E-state index is 0.289. The smallest absolute Gasteiger partial charge is 0.0462 e. The van der Waals surface area contributed by atoms with E-state index < -0.39 is 0 Å². The third-order valence-electron chi connectivity index (χ3n) is 12.1. The number of nitrogens with zero attached hydrogens (tertiary/aromatic N) is 1. The molecule has 1 heteroatoms. The van der Waals surface area contributed by atoms with Gasteiger partial charge >= 0.3 is 0 Å². The van der Waals surface area contributed by atoms with Gasteiger partial charge in [-0.1, -0.05) is 189 Å². The summed E-state index contributed by atoms with van der Waals surface area (Å²) in [5.41, 5.74) is 12.9. The summed E-state index contributed by atoms with van der Waals surface area (Å²) in [5.74, 6) is 0.545. The van der Waals surface area contributed by atoms with Gasteiger partial charge in [0, 0.05) is 17.1 Å². The van der Waals surface area contributed by atoms with Crippen molar-refractivity contribution in [1.29, 1.82) is 0 Å². The van der Waals surface area contributed by atoms with Gasteiger partial charge in [0.15, 0.2) is 0 Å². The molecule has 0 saturated carbocycles. The van der Waals surface area contributed by atoms with Gasteiger partial charge in [0.1, 0.15) is 0 Å². The standard InChI is InChI=1S/C50H55N/c1-7-49(5,8-2)37-48(50(6,9-3)10-4)44-23-21-40(22-24-44)43-29-35-47(36-30-43)51(45-31-25-41(26-32-45)38-17-13-11-14-18-38)46-33-27-42(28-34-46)39-19-15-12-16-20-39/h11-36,48H,7-10,37H2,1-6H3. The van der Waals surface area contributed by atoms with Crippen molar-refractivity contribution in [3.8, 4) is 33.4 Å². The molecule has 1 nitrogen and oxygen atoms in total. The van der Waals surface area contributed by atoms with Gasteiger partial charge in [-0.25, -0.2) is 0 Å². The monoisotopic (exact) mass is 669 g/mol. The van der Waals surface area contributed by atoms with E-state index in [1.165, 1.54) is 71.0 Å². The van der Waals surface area contributed by atoms with E-state index in [9.17, 15) is 0 Å². The molecular weight excluding hydrogens is 615 g/mol. The zero-order valence-electron chi connectivity index (χ0n) is 31.6. The van der Waals surface area contributed by atoms with Crippen molar-refractivity contribution in [2.75, 3.05) is 4.90 Å². The molecule has 6 aromatic rings. The van der Waals surface area contributed by atoms with Gasteiger partial charge in [0.2, 0.25) is 0 Å². The second-order valence-corrected chi connectivity index (χ2v) is 15.0. The first-order chi connectivity index (χ1) is 24.8. The van der Waals surface area contributed by atoms with Gasteiger partial charge in [-0.2, -0.15) is 0 Å². The summed E-state index contributed by atoms with van der Waals surface area (Å²) in [6.07, 6.45) is 6.07. The van der Waals surface area contributed by atoms with E-state index in [2.05, 4.69) is 204 Å². The summed E-state index contributed by atoms with van der Waals surface area (Å²) in [7, 11) is 0. The molecule has 260 valence electrons. The molecule has 0 heterocycles. The van der Waals surface area contributed by atoms with E-state index in [1.807, 2.05) is 0 Å². The van der Waals surface area contributed by atoms with Crippen molar-refractivity contribution in [3.63, 3.8) is 0 Å². The van der Waals surface area contributed by atoms with Crippen LogP contribution in [0.2, 0.25) is 0 Å². The summed E-state index contributed by atoms with van der Waals surface area (Å²) in [6, 6.07) is 57.6. The Morgan fingerprint density at radius 3 is 1.02 bits per heavy atom. The zero-order chi connectivity index (χ0) is 35.8. The van der Waals surface area contributed by atoms with Gasteiger partial charge < -0.3 is 4.90 Å². The maximum absolute atomic E-state index is 2.51. The second kappa shape index (κ2) is 16.0. The molecule has 0 bridgehead atoms. The molecule has 1 atom stereocenters. The van der Waals surface area contributed by atoms with Crippen LogP contribution in [0.5, 0.6) is 0 Å². The first kappa shape index (κ1) is 35.9. The fourth-order valence-electron chi connectivity index (χ4n) is 7.57. The van der Waals surface area contributed by atoms with Crippen LogP contribution >= 0.6 is 0 Å². The van der Waals surface area contributed by atoms with Crippen LogP contribution in [0.15, 0.2) is 158 Å². The van der Waals surface area contributed by atoms with Gasteiger partial charge in [-0.05, 0) is 98.5 Å². The molecule has 51 heavy (non-hydrogen) atoms. The summed E-state index contributed by atoms with van der Waals surface area (Å²) in [6.45, 7) is 14.5. The van der Waals surface area contributed by atoms with Crippen molar-refractivity contribution in [3.05, 3.63) is 163 Å². The number of rotatable bonds is 14. The minimum atomic E-state index is 0.289. The van der Waals surface area contributed by atoms with Crippen molar-refractivity contribution < 1.29 is 0 Å². The van der Waals surface area contributed by atoms with E-state index in [1.54, 1.807) is 0 Å². The molecule has 0 radical (unpaired) electrons. The predicted molar refractivity (Wildman–Crippen MR) is 222 cm³/mol. The predicted octanol–water partition coefficient (Wildman–Crippen LogP) is 15.3. The highest BCUT2D eigenvalue weighted by atomic mass is 15.1. The van der Waals surface area contributed by atoms with Crippen LogP contribution in [-0.4, -0.2) is 0 Å². The highest BCUT2D eigenvalue weighted by Crippen LogP contribution is 2.49. The molecule has 6 rings (SSSR count). The highest BCUT2D eigenvalue weighted by Gasteiger charge is 2.36. The first-order valence-electron chi connectivity index (χ1n) is 19.1. The quantitative estimate of drug-likeness (QED) is 0.112. The van der Waals surface area contributed by atoms with Crippen molar-refractivity contribution in [2.24, 2.45) is 10.8 Å². The lowest BCUT2D eigenvalue weighted by atomic mass is 9.63. The highest BCUT2D eigenvalue weighted by molar-refractivity contribution is 5.81. The Kier molecular flexibility index (Phi) is 11.3. The van der Waals surface area contributed by atoms with Crippen LogP contribution in [0, 0.1) is 10.8 Å². The fourth-order valence-corrected chi connectivity index (χ4v) is 7.57. The SMILES string of the molecule is CCC(C)(CC)CC(c1ccc(-c2ccc(N(c3ccc(-c4ccccc4)cc3)c3ccc(-c4ccccc4)cc3)cc2)cc1)C(C)(CC)CC. The van der Waals surface area contributed by atoms with E-state index in [4.69, 9.17) is 0 Å². The molecule has 6 aromatic carbocycles. The summed E-state index contributed by atoms with van der Waals surface area (Å²) in [5, 5.41) is 0. The molecule has 0 aliphatic heterocycles. The topological polar surface area (TPSA) is 3.24 Å². The molecule has 1 unspecified atom stereocenters. The van der Waals surface area contributed by atoms with E-state index in [0.29, 0.717) is 11.3 Å². The maximum atomic E-state index is 2.51. The maximum Gasteiger partial charge on any atom is 0.0462 e. The van der Waals surface area contributed by atoms with Crippen molar-refractivity contribution in [1.82, 2.24) is 0 Å². The molecule has 0 saturated heterocycles. The Labute approximate surface area is 308 Å². The van der Waals surface area contributed by atoms with Crippen LogP contribution in [0.25, 0.3) is 33.4 Å².